The van der Waals surface area contributed by atoms with Crippen molar-refractivity contribution in [1.29, 1.82) is 0 Å². The van der Waals surface area contributed by atoms with E-state index in [9.17, 15) is 32.3 Å². The van der Waals surface area contributed by atoms with Gasteiger partial charge in [-0.25, -0.2) is 9.37 Å². The highest BCUT2D eigenvalue weighted by Crippen LogP contribution is 2.38. The summed E-state index contributed by atoms with van der Waals surface area (Å²) in [5.41, 5.74) is -0.959. The number of benzene rings is 1. The number of alkyl halides is 3. The molecule has 40 heavy (non-hydrogen) atoms. The lowest BCUT2D eigenvalue weighted by Gasteiger charge is -2.38. The van der Waals surface area contributed by atoms with Gasteiger partial charge in [0.15, 0.2) is 0 Å². The van der Waals surface area contributed by atoms with Gasteiger partial charge in [0, 0.05) is 30.9 Å². The molecule has 3 heterocycles. The average molecular weight is 567 g/mol. The van der Waals surface area contributed by atoms with E-state index in [1.807, 2.05) is 4.90 Å². The van der Waals surface area contributed by atoms with Crippen LogP contribution < -0.4 is 15.4 Å². The number of aromatic nitrogens is 1. The molecular formula is C28H34F4N4O4. The number of likely N-dealkylation sites (tertiary alicyclic amines) is 1. The van der Waals surface area contributed by atoms with E-state index in [1.165, 1.54) is 32.2 Å². The standard InChI is InChI=1S/C28H34F4N4O4/c1-27(2,28(30,31)32)16-36-9-7-17(8-10-36)15-40-24-6-4-19(13-34-24)18-3-5-21(22(29)11-18)25(38)35-26(39)23-12-20(37)14-33-23/h3-6,11,13,17,20,23,33,37H,7-10,12,14-16H2,1-2H3,(H,35,38,39)/t20-,23+/m1/s1. The van der Waals surface area contributed by atoms with Crippen molar-refractivity contribution in [2.75, 3.05) is 32.8 Å². The Kier molecular flexibility index (Phi) is 9.11. The first kappa shape index (κ1) is 29.9. The number of nitrogens with one attached hydrogen (secondary N) is 2. The normalized spacial score (nSPS) is 20.9. The molecular weight excluding hydrogens is 532 g/mol. The number of carbonyl (C=O) groups is 2. The van der Waals surface area contributed by atoms with Crippen LogP contribution >= 0.6 is 0 Å². The van der Waals surface area contributed by atoms with E-state index in [0.717, 1.165) is 12.8 Å². The molecule has 0 saturated carbocycles. The van der Waals surface area contributed by atoms with Crippen LogP contribution in [-0.4, -0.2) is 77.9 Å². The van der Waals surface area contributed by atoms with E-state index < -0.39 is 41.4 Å². The van der Waals surface area contributed by atoms with Gasteiger partial charge in [0.05, 0.1) is 29.7 Å². The van der Waals surface area contributed by atoms with Gasteiger partial charge in [-0.2, -0.15) is 13.2 Å². The summed E-state index contributed by atoms with van der Waals surface area (Å²) in [6.45, 7) is 4.22. The first-order valence-electron chi connectivity index (χ1n) is 13.3. The van der Waals surface area contributed by atoms with Crippen molar-refractivity contribution in [2.24, 2.45) is 11.3 Å². The quantitative estimate of drug-likeness (QED) is 0.332. The number of aliphatic hydroxyl groups excluding tert-OH is 1. The molecule has 3 N–H and O–H groups in total. The Morgan fingerprint density at radius 1 is 1.15 bits per heavy atom. The van der Waals surface area contributed by atoms with Crippen molar-refractivity contribution in [2.45, 2.75) is 51.4 Å². The van der Waals surface area contributed by atoms with Crippen molar-refractivity contribution in [3.8, 4) is 17.0 Å². The molecule has 2 atom stereocenters. The molecule has 2 aliphatic rings. The van der Waals surface area contributed by atoms with Crippen molar-refractivity contribution < 1.29 is 37.0 Å². The second-order valence-corrected chi connectivity index (χ2v) is 11.2. The fraction of sp³-hybridized carbons (Fsp3) is 0.536. The molecule has 0 spiro atoms. The second-order valence-electron chi connectivity index (χ2n) is 11.2. The lowest BCUT2D eigenvalue weighted by Crippen LogP contribution is -2.46. The molecule has 12 heteroatoms. The zero-order chi connectivity index (χ0) is 29.1. The molecule has 2 aromatic rings. The second kappa shape index (κ2) is 12.2. The third-order valence-electron chi connectivity index (χ3n) is 7.50. The Labute approximate surface area is 230 Å². The highest BCUT2D eigenvalue weighted by Gasteiger charge is 2.48. The summed E-state index contributed by atoms with van der Waals surface area (Å²) < 4.78 is 60.0. The zero-order valence-electron chi connectivity index (χ0n) is 22.4. The zero-order valence-corrected chi connectivity index (χ0v) is 22.4. The molecule has 2 fully saturated rings. The highest BCUT2D eigenvalue weighted by molar-refractivity contribution is 6.06. The topological polar surface area (TPSA) is 104 Å². The lowest BCUT2D eigenvalue weighted by atomic mass is 9.89. The van der Waals surface area contributed by atoms with E-state index in [4.69, 9.17) is 4.74 Å². The number of imide groups is 1. The predicted octanol–water partition coefficient (Wildman–Crippen LogP) is 3.55. The monoisotopic (exact) mass is 566 g/mol. The number of halogens is 4. The molecule has 1 aromatic heterocycles. The van der Waals surface area contributed by atoms with Gasteiger partial charge in [-0.1, -0.05) is 6.07 Å². The first-order chi connectivity index (χ1) is 18.8. The van der Waals surface area contributed by atoms with E-state index in [0.29, 0.717) is 36.7 Å². The Morgan fingerprint density at radius 2 is 1.85 bits per heavy atom. The summed E-state index contributed by atoms with van der Waals surface area (Å²) in [5, 5.41) is 14.5. The molecule has 4 rings (SSSR count). The van der Waals surface area contributed by atoms with Crippen LogP contribution in [0.2, 0.25) is 0 Å². The molecule has 218 valence electrons. The average Bonchev–Trinajstić information content (AvgIpc) is 3.34. The number of carbonyl (C=O) groups excluding carboxylic acids is 2. The molecule has 2 saturated heterocycles. The van der Waals surface area contributed by atoms with Crippen molar-refractivity contribution in [1.82, 2.24) is 20.5 Å². The predicted molar refractivity (Wildman–Crippen MR) is 139 cm³/mol. The van der Waals surface area contributed by atoms with Crippen LogP contribution in [0.3, 0.4) is 0 Å². The summed E-state index contributed by atoms with van der Waals surface area (Å²) in [7, 11) is 0. The van der Waals surface area contributed by atoms with Crippen LogP contribution in [0.5, 0.6) is 5.88 Å². The van der Waals surface area contributed by atoms with Crippen LogP contribution in [0.25, 0.3) is 11.1 Å². The van der Waals surface area contributed by atoms with Gasteiger partial charge < -0.3 is 20.1 Å². The third kappa shape index (κ3) is 7.35. The van der Waals surface area contributed by atoms with Gasteiger partial charge >= 0.3 is 6.18 Å². The first-order valence-corrected chi connectivity index (χ1v) is 13.3. The summed E-state index contributed by atoms with van der Waals surface area (Å²) in [4.78, 5) is 30.7. The van der Waals surface area contributed by atoms with E-state index in [1.54, 1.807) is 18.2 Å². The number of nitrogens with zero attached hydrogens (tertiary/aromatic N) is 2. The maximum Gasteiger partial charge on any atom is 0.395 e. The van der Waals surface area contributed by atoms with Crippen molar-refractivity contribution in [3.05, 3.63) is 47.9 Å². The number of aliphatic hydroxyl groups is 1. The van der Waals surface area contributed by atoms with Crippen LogP contribution in [0.4, 0.5) is 17.6 Å². The van der Waals surface area contributed by atoms with Crippen molar-refractivity contribution >= 4 is 11.8 Å². The maximum absolute atomic E-state index is 14.7. The number of hydrogen-bond acceptors (Lipinski definition) is 7. The van der Waals surface area contributed by atoms with Gasteiger partial charge in [0.25, 0.3) is 5.91 Å². The van der Waals surface area contributed by atoms with Gasteiger partial charge in [0.2, 0.25) is 11.8 Å². The fourth-order valence-corrected chi connectivity index (χ4v) is 4.86. The Morgan fingerprint density at radius 3 is 2.42 bits per heavy atom. The molecule has 2 aliphatic heterocycles. The van der Waals surface area contributed by atoms with E-state index in [2.05, 4.69) is 15.6 Å². The summed E-state index contributed by atoms with van der Waals surface area (Å²) in [6.07, 6.45) is -1.75. The van der Waals surface area contributed by atoms with Gasteiger partial charge in [0.1, 0.15) is 5.82 Å². The lowest BCUT2D eigenvalue weighted by molar-refractivity contribution is -0.217. The maximum atomic E-state index is 14.7. The van der Waals surface area contributed by atoms with Crippen LogP contribution in [0.15, 0.2) is 36.5 Å². The van der Waals surface area contributed by atoms with Crippen LogP contribution in [0.1, 0.15) is 43.5 Å². The molecule has 0 bridgehead atoms. The number of rotatable bonds is 8. The number of β-amino-alcohol motifs (C(OH)–C–C–N with tert-alkyl or cyclic N) is 1. The SMILES string of the molecule is CC(C)(CN1CCC(COc2ccc(-c3ccc(C(=O)NC(=O)[C@@H]4C[C@@H](O)CN4)c(F)c3)cn2)CC1)C(F)(F)F. The van der Waals surface area contributed by atoms with Crippen LogP contribution in [-0.2, 0) is 4.79 Å². The van der Waals surface area contributed by atoms with Gasteiger partial charge in [-0.3, -0.25) is 14.9 Å². The van der Waals surface area contributed by atoms with E-state index >= 15 is 0 Å². The molecule has 8 nitrogen and oxygen atoms in total. The minimum absolute atomic E-state index is 0.0274. The van der Waals surface area contributed by atoms with Gasteiger partial charge in [-0.05, 0) is 75.9 Å². The number of piperidine rings is 1. The molecule has 1 aromatic carbocycles. The van der Waals surface area contributed by atoms with E-state index in [-0.39, 0.29) is 31.0 Å². The Bertz CT molecular complexity index is 1200. The molecule has 0 radical (unpaired) electrons. The summed E-state index contributed by atoms with van der Waals surface area (Å²) in [5.74, 6) is -1.70. The third-order valence-corrected chi connectivity index (χ3v) is 7.50. The minimum atomic E-state index is -4.24. The fourth-order valence-electron chi connectivity index (χ4n) is 4.86. The molecule has 2 amide bonds. The number of hydrogen-bond donors (Lipinski definition) is 3. The Hall–Kier alpha value is -3.09. The smallest absolute Gasteiger partial charge is 0.395 e. The minimum Gasteiger partial charge on any atom is -0.477 e. The number of amides is 2. The Balaban J connectivity index is 1.26. The summed E-state index contributed by atoms with van der Waals surface area (Å²) in [6, 6.07) is 6.66. The number of ether oxygens (including phenoxy) is 1. The largest absolute Gasteiger partial charge is 0.477 e. The number of pyridine rings is 1. The van der Waals surface area contributed by atoms with Crippen molar-refractivity contribution in [3.63, 3.8) is 0 Å². The molecule has 0 aliphatic carbocycles. The molecule has 0 unspecified atom stereocenters. The van der Waals surface area contributed by atoms with Gasteiger partial charge in [-0.15, -0.1) is 0 Å². The van der Waals surface area contributed by atoms with Crippen LogP contribution in [0, 0.1) is 17.2 Å². The highest BCUT2D eigenvalue weighted by atomic mass is 19.4. The summed E-state index contributed by atoms with van der Waals surface area (Å²) >= 11 is 0.